The summed E-state index contributed by atoms with van der Waals surface area (Å²) in [6.07, 6.45) is 1.94. The molecule has 0 unspecified atom stereocenters. The standard InChI is InChI=1S/C11H12O5/c12-9-5-7-6-11(14-3-4-15-11)2-1-8(7)10(13)16-9/h1-6H2. The summed E-state index contributed by atoms with van der Waals surface area (Å²) >= 11 is 0. The van der Waals surface area contributed by atoms with Crippen LogP contribution in [0.25, 0.3) is 0 Å². The Morgan fingerprint density at radius 2 is 1.88 bits per heavy atom. The summed E-state index contributed by atoms with van der Waals surface area (Å²) < 4.78 is 15.8. The van der Waals surface area contributed by atoms with Crippen LogP contribution < -0.4 is 0 Å². The number of carbonyl (C=O) groups excluding carboxylic acids is 2. The molecule has 3 aliphatic rings. The molecule has 86 valence electrons. The minimum atomic E-state index is -0.587. The predicted molar refractivity (Wildman–Crippen MR) is 51.2 cm³/mol. The average Bonchev–Trinajstić information content (AvgIpc) is 2.65. The van der Waals surface area contributed by atoms with E-state index in [1.54, 1.807) is 0 Å². The second kappa shape index (κ2) is 3.40. The van der Waals surface area contributed by atoms with Crippen molar-refractivity contribution in [2.24, 2.45) is 0 Å². The lowest BCUT2D eigenvalue weighted by molar-refractivity contribution is -0.170. The molecular weight excluding hydrogens is 212 g/mol. The molecule has 0 radical (unpaired) electrons. The van der Waals surface area contributed by atoms with Gasteiger partial charge in [0.15, 0.2) is 5.79 Å². The number of hydrogen-bond donors (Lipinski definition) is 0. The number of ether oxygens (including phenoxy) is 3. The van der Waals surface area contributed by atoms with E-state index in [4.69, 9.17) is 9.47 Å². The van der Waals surface area contributed by atoms with E-state index in [1.165, 1.54) is 0 Å². The molecule has 0 bridgehead atoms. The third kappa shape index (κ3) is 1.47. The Balaban J connectivity index is 1.89. The summed E-state index contributed by atoms with van der Waals surface area (Å²) in [6.45, 7) is 1.17. The fourth-order valence-corrected chi connectivity index (χ4v) is 2.55. The zero-order valence-corrected chi connectivity index (χ0v) is 8.78. The van der Waals surface area contributed by atoms with Crippen molar-refractivity contribution >= 4 is 11.9 Å². The van der Waals surface area contributed by atoms with Crippen molar-refractivity contribution in [2.75, 3.05) is 13.2 Å². The Morgan fingerprint density at radius 3 is 2.62 bits per heavy atom. The molecular formula is C11H12O5. The van der Waals surface area contributed by atoms with E-state index < -0.39 is 17.7 Å². The maximum atomic E-state index is 11.5. The third-order valence-electron chi connectivity index (χ3n) is 3.29. The molecule has 2 heterocycles. The lowest BCUT2D eigenvalue weighted by Crippen LogP contribution is -2.37. The molecule has 1 fully saturated rings. The molecule has 0 saturated carbocycles. The van der Waals surface area contributed by atoms with Crippen LogP contribution in [-0.2, 0) is 23.8 Å². The second-order valence-corrected chi connectivity index (χ2v) is 4.30. The van der Waals surface area contributed by atoms with Gasteiger partial charge in [-0.2, -0.15) is 0 Å². The van der Waals surface area contributed by atoms with Gasteiger partial charge >= 0.3 is 11.9 Å². The van der Waals surface area contributed by atoms with Crippen LogP contribution in [0.5, 0.6) is 0 Å². The molecule has 5 heteroatoms. The van der Waals surface area contributed by atoms with Gasteiger partial charge in [-0.05, 0) is 12.0 Å². The van der Waals surface area contributed by atoms with Crippen molar-refractivity contribution in [3.8, 4) is 0 Å². The Morgan fingerprint density at radius 1 is 1.12 bits per heavy atom. The highest BCUT2D eigenvalue weighted by atomic mass is 16.7. The number of esters is 2. The van der Waals surface area contributed by atoms with Crippen molar-refractivity contribution in [1.82, 2.24) is 0 Å². The second-order valence-electron chi connectivity index (χ2n) is 4.30. The fraction of sp³-hybridized carbons (Fsp3) is 0.636. The SMILES string of the molecule is O=C1CC2=C(CCC3(C2)OCCO3)C(=O)O1. The minimum Gasteiger partial charge on any atom is -0.389 e. The topological polar surface area (TPSA) is 61.8 Å². The fourth-order valence-electron chi connectivity index (χ4n) is 2.55. The van der Waals surface area contributed by atoms with Gasteiger partial charge in [0, 0.05) is 18.4 Å². The van der Waals surface area contributed by atoms with Crippen LogP contribution in [-0.4, -0.2) is 30.9 Å². The first-order valence-electron chi connectivity index (χ1n) is 5.42. The van der Waals surface area contributed by atoms with E-state index in [-0.39, 0.29) is 6.42 Å². The van der Waals surface area contributed by atoms with Crippen LogP contribution >= 0.6 is 0 Å². The van der Waals surface area contributed by atoms with Gasteiger partial charge in [-0.3, -0.25) is 4.79 Å². The molecule has 3 rings (SSSR count). The summed E-state index contributed by atoms with van der Waals surface area (Å²) in [5.41, 5.74) is 1.47. The van der Waals surface area contributed by atoms with Crippen molar-refractivity contribution in [3.63, 3.8) is 0 Å². The highest BCUT2D eigenvalue weighted by molar-refractivity contribution is 6.01. The monoisotopic (exact) mass is 224 g/mol. The van der Waals surface area contributed by atoms with Gasteiger partial charge < -0.3 is 14.2 Å². The molecule has 0 aromatic rings. The van der Waals surface area contributed by atoms with Gasteiger partial charge in [0.05, 0.1) is 19.6 Å². The summed E-state index contributed by atoms with van der Waals surface area (Å²) in [5.74, 6) is -1.55. The van der Waals surface area contributed by atoms with Crippen LogP contribution in [0.3, 0.4) is 0 Å². The van der Waals surface area contributed by atoms with Crippen molar-refractivity contribution in [1.29, 1.82) is 0 Å². The smallest absolute Gasteiger partial charge is 0.341 e. The normalized spacial score (nSPS) is 28.2. The van der Waals surface area contributed by atoms with E-state index >= 15 is 0 Å². The summed E-state index contributed by atoms with van der Waals surface area (Å²) in [7, 11) is 0. The lowest BCUT2D eigenvalue weighted by atomic mass is 9.84. The highest BCUT2D eigenvalue weighted by Crippen LogP contribution is 2.41. The molecule has 2 aliphatic heterocycles. The number of carbonyl (C=O) groups is 2. The summed E-state index contributed by atoms with van der Waals surface area (Å²) in [4.78, 5) is 22.6. The molecule has 0 aromatic carbocycles. The number of cyclic esters (lactones) is 2. The van der Waals surface area contributed by atoms with E-state index in [9.17, 15) is 9.59 Å². The van der Waals surface area contributed by atoms with Crippen molar-refractivity contribution < 1.29 is 23.8 Å². The third-order valence-corrected chi connectivity index (χ3v) is 3.29. The molecule has 1 saturated heterocycles. The summed E-state index contributed by atoms with van der Waals surface area (Å²) in [6, 6.07) is 0. The van der Waals surface area contributed by atoms with Crippen LogP contribution in [0.1, 0.15) is 25.7 Å². The van der Waals surface area contributed by atoms with E-state index in [1.807, 2.05) is 0 Å². The molecule has 1 spiro atoms. The molecule has 0 atom stereocenters. The number of hydrogen-bond acceptors (Lipinski definition) is 5. The molecule has 0 aromatic heterocycles. The van der Waals surface area contributed by atoms with Gasteiger partial charge in [-0.25, -0.2) is 4.79 Å². The highest BCUT2D eigenvalue weighted by Gasteiger charge is 2.44. The largest absolute Gasteiger partial charge is 0.389 e. The minimum absolute atomic E-state index is 0.190. The first kappa shape index (κ1) is 9.99. The maximum Gasteiger partial charge on any atom is 0.341 e. The van der Waals surface area contributed by atoms with Gasteiger partial charge in [0.25, 0.3) is 0 Å². The first-order valence-corrected chi connectivity index (χ1v) is 5.42. The molecule has 16 heavy (non-hydrogen) atoms. The van der Waals surface area contributed by atoms with Crippen LogP contribution in [0.4, 0.5) is 0 Å². The van der Waals surface area contributed by atoms with Gasteiger partial charge in [0.1, 0.15) is 0 Å². The summed E-state index contributed by atoms with van der Waals surface area (Å²) in [5, 5.41) is 0. The van der Waals surface area contributed by atoms with E-state index in [2.05, 4.69) is 4.74 Å². The first-order chi connectivity index (χ1) is 7.69. The number of rotatable bonds is 0. The Bertz CT molecular complexity index is 389. The Kier molecular flexibility index (Phi) is 2.12. The lowest BCUT2D eigenvalue weighted by Gasteiger charge is -2.34. The quantitative estimate of drug-likeness (QED) is 0.447. The predicted octanol–water partition coefficient (Wildman–Crippen LogP) is 0.683. The van der Waals surface area contributed by atoms with Crippen LogP contribution in [0, 0.1) is 0 Å². The van der Waals surface area contributed by atoms with Crippen LogP contribution in [0.15, 0.2) is 11.1 Å². The molecule has 5 nitrogen and oxygen atoms in total. The maximum absolute atomic E-state index is 11.5. The van der Waals surface area contributed by atoms with Crippen LogP contribution in [0.2, 0.25) is 0 Å². The zero-order valence-electron chi connectivity index (χ0n) is 8.78. The Labute approximate surface area is 92.3 Å². The molecule has 0 amide bonds. The Hall–Kier alpha value is -1.20. The van der Waals surface area contributed by atoms with Gasteiger partial charge in [0.2, 0.25) is 0 Å². The van der Waals surface area contributed by atoms with Gasteiger partial charge in [-0.1, -0.05) is 0 Å². The van der Waals surface area contributed by atoms with E-state index in [0.29, 0.717) is 38.0 Å². The van der Waals surface area contributed by atoms with Crippen molar-refractivity contribution in [3.05, 3.63) is 11.1 Å². The average molecular weight is 224 g/mol. The molecule has 1 aliphatic carbocycles. The van der Waals surface area contributed by atoms with Gasteiger partial charge in [-0.15, -0.1) is 0 Å². The molecule has 0 N–H and O–H groups in total. The van der Waals surface area contributed by atoms with Crippen molar-refractivity contribution in [2.45, 2.75) is 31.5 Å². The van der Waals surface area contributed by atoms with E-state index in [0.717, 1.165) is 5.57 Å². The zero-order chi connectivity index (χ0) is 11.2.